The first-order chi connectivity index (χ1) is 11.7. The fourth-order valence-electron chi connectivity index (χ4n) is 2.62. The Morgan fingerprint density at radius 2 is 2.08 bits per heavy atom. The molecular weight excluding hydrogens is 340 g/mol. The molecule has 2 amide bonds. The minimum atomic E-state index is -0.0564. The van der Waals surface area contributed by atoms with E-state index in [1.54, 1.807) is 30.6 Å². The summed E-state index contributed by atoms with van der Waals surface area (Å²) in [4.78, 5) is 15.7. The molecular formula is C18H20N2O2S2. The van der Waals surface area contributed by atoms with Crippen LogP contribution in [0, 0.1) is 0 Å². The molecule has 1 unspecified atom stereocenters. The first-order valence-corrected chi connectivity index (χ1v) is 9.96. The number of rotatable bonds is 4. The van der Waals surface area contributed by atoms with Crippen molar-refractivity contribution in [3.63, 3.8) is 0 Å². The van der Waals surface area contributed by atoms with E-state index in [4.69, 9.17) is 4.74 Å². The van der Waals surface area contributed by atoms with Gasteiger partial charge in [0, 0.05) is 22.9 Å². The van der Waals surface area contributed by atoms with E-state index in [0.29, 0.717) is 0 Å². The fraction of sp³-hybridized carbons (Fsp3) is 0.278. The van der Waals surface area contributed by atoms with Crippen molar-refractivity contribution in [3.8, 4) is 5.75 Å². The highest BCUT2D eigenvalue weighted by Gasteiger charge is 2.30. The number of ether oxygens (including phenoxy) is 1. The number of anilines is 1. The van der Waals surface area contributed by atoms with Crippen LogP contribution in [0.4, 0.5) is 10.5 Å². The normalized spacial score (nSPS) is 16.9. The Kier molecular flexibility index (Phi) is 5.58. The third kappa shape index (κ3) is 3.82. The summed E-state index contributed by atoms with van der Waals surface area (Å²) >= 11 is 3.45. The van der Waals surface area contributed by atoms with Crippen molar-refractivity contribution in [2.75, 3.05) is 31.0 Å². The molecule has 1 fully saturated rings. The van der Waals surface area contributed by atoms with E-state index in [1.165, 1.54) is 0 Å². The number of carbonyl (C=O) groups excluding carboxylic acids is 1. The zero-order valence-corrected chi connectivity index (χ0v) is 15.3. The maximum Gasteiger partial charge on any atom is 0.323 e. The van der Waals surface area contributed by atoms with E-state index in [1.807, 2.05) is 59.7 Å². The molecule has 1 saturated heterocycles. The molecule has 1 aliphatic heterocycles. The van der Waals surface area contributed by atoms with Crippen LogP contribution in [-0.2, 0) is 0 Å². The molecule has 0 aliphatic carbocycles. The van der Waals surface area contributed by atoms with Gasteiger partial charge in [0.05, 0.1) is 7.11 Å². The number of methoxy groups -OCH3 is 1. The van der Waals surface area contributed by atoms with Crippen LogP contribution >= 0.6 is 23.5 Å². The first-order valence-electron chi connectivity index (χ1n) is 7.68. The minimum Gasteiger partial charge on any atom is -0.497 e. The van der Waals surface area contributed by atoms with Crippen molar-refractivity contribution >= 4 is 35.2 Å². The van der Waals surface area contributed by atoms with Crippen molar-refractivity contribution in [1.82, 2.24) is 4.90 Å². The Bertz CT molecular complexity index is 706. The number of nitrogens with one attached hydrogen (secondary N) is 1. The number of nitrogens with zero attached hydrogens (tertiary/aromatic N) is 1. The molecule has 2 aromatic rings. The topological polar surface area (TPSA) is 41.6 Å². The lowest BCUT2D eigenvalue weighted by molar-refractivity contribution is 0.214. The molecule has 126 valence electrons. The highest BCUT2D eigenvalue weighted by molar-refractivity contribution is 7.99. The summed E-state index contributed by atoms with van der Waals surface area (Å²) in [5, 5.41) is 3.06. The molecule has 0 aromatic heterocycles. The molecule has 1 N–H and O–H groups in total. The standard InChI is InChI=1S/C18H20N2O2S2/c1-22-15-8-6-13(7-9-15)17-20(10-11-24-17)18(21)19-14-4-3-5-16(12-14)23-2/h3-9,12,17H,10-11H2,1-2H3,(H,19,21). The van der Waals surface area contributed by atoms with Crippen LogP contribution in [0.2, 0.25) is 0 Å². The molecule has 1 aliphatic rings. The van der Waals surface area contributed by atoms with Crippen molar-refractivity contribution in [3.05, 3.63) is 54.1 Å². The van der Waals surface area contributed by atoms with Crippen molar-refractivity contribution < 1.29 is 9.53 Å². The van der Waals surface area contributed by atoms with Crippen molar-refractivity contribution in [1.29, 1.82) is 0 Å². The average Bonchev–Trinajstić information content (AvgIpc) is 3.12. The van der Waals surface area contributed by atoms with Crippen LogP contribution in [0.15, 0.2) is 53.4 Å². The van der Waals surface area contributed by atoms with Gasteiger partial charge in [-0.15, -0.1) is 23.5 Å². The summed E-state index contributed by atoms with van der Waals surface area (Å²) in [5.41, 5.74) is 1.95. The number of benzene rings is 2. The highest BCUT2D eigenvalue weighted by atomic mass is 32.2. The van der Waals surface area contributed by atoms with Gasteiger partial charge in [-0.1, -0.05) is 18.2 Å². The van der Waals surface area contributed by atoms with Crippen LogP contribution < -0.4 is 10.1 Å². The second-order valence-corrected chi connectivity index (χ2v) is 7.42. The molecule has 0 bridgehead atoms. The van der Waals surface area contributed by atoms with E-state index < -0.39 is 0 Å². The molecule has 0 saturated carbocycles. The molecule has 0 radical (unpaired) electrons. The molecule has 2 aromatic carbocycles. The Balaban J connectivity index is 1.72. The predicted molar refractivity (Wildman–Crippen MR) is 102 cm³/mol. The zero-order chi connectivity index (χ0) is 16.9. The molecule has 0 spiro atoms. The van der Waals surface area contributed by atoms with Crippen LogP contribution in [-0.4, -0.2) is 36.6 Å². The van der Waals surface area contributed by atoms with Gasteiger partial charge >= 0.3 is 6.03 Å². The Hall–Kier alpha value is -1.79. The summed E-state index contributed by atoms with van der Waals surface area (Å²) in [7, 11) is 1.65. The monoisotopic (exact) mass is 360 g/mol. The second-order valence-electron chi connectivity index (χ2n) is 5.35. The summed E-state index contributed by atoms with van der Waals surface area (Å²) < 4.78 is 5.21. The Labute approximate surface area is 151 Å². The first kappa shape index (κ1) is 17.0. The Morgan fingerprint density at radius 3 is 2.79 bits per heavy atom. The minimum absolute atomic E-state index is 0.0413. The van der Waals surface area contributed by atoms with E-state index in [2.05, 4.69) is 5.32 Å². The van der Waals surface area contributed by atoms with Crippen LogP contribution in [0.3, 0.4) is 0 Å². The van der Waals surface area contributed by atoms with Gasteiger partial charge in [-0.3, -0.25) is 0 Å². The molecule has 24 heavy (non-hydrogen) atoms. The fourth-order valence-corrected chi connectivity index (χ4v) is 4.33. The zero-order valence-electron chi connectivity index (χ0n) is 13.7. The maximum absolute atomic E-state index is 12.7. The number of hydrogen-bond acceptors (Lipinski definition) is 4. The number of urea groups is 1. The molecule has 1 atom stereocenters. The van der Waals surface area contributed by atoms with Crippen LogP contribution in [0.5, 0.6) is 5.75 Å². The number of hydrogen-bond donors (Lipinski definition) is 1. The van der Waals surface area contributed by atoms with Crippen molar-refractivity contribution in [2.24, 2.45) is 0 Å². The molecule has 3 rings (SSSR count). The van der Waals surface area contributed by atoms with Gasteiger partial charge in [0.25, 0.3) is 0 Å². The lowest BCUT2D eigenvalue weighted by Gasteiger charge is -2.24. The number of thioether (sulfide) groups is 2. The average molecular weight is 361 g/mol. The molecule has 4 nitrogen and oxygen atoms in total. The van der Waals surface area contributed by atoms with Gasteiger partial charge in [-0.05, 0) is 42.2 Å². The van der Waals surface area contributed by atoms with Crippen LogP contribution in [0.25, 0.3) is 0 Å². The van der Waals surface area contributed by atoms with E-state index in [9.17, 15) is 4.79 Å². The Morgan fingerprint density at radius 1 is 1.29 bits per heavy atom. The molecule has 6 heteroatoms. The van der Waals surface area contributed by atoms with Gasteiger partial charge in [-0.2, -0.15) is 0 Å². The highest BCUT2D eigenvalue weighted by Crippen LogP contribution is 2.38. The summed E-state index contributed by atoms with van der Waals surface area (Å²) in [5.74, 6) is 1.77. The lowest BCUT2D eigenvalue weighted by Crippen LogP contribution is -2.34. The number of carbonyl (C=O) groups is 1. The molecule has 1 heterocycles. The SMILES string of the molecule is COc1ccc(C2SCCN2C(=O)Nc2cccc(SC)c2)cc1. The van der Waals surface area contributed by atoms with E-state index in [-0.39, 0.29) is 11.4 Å². The number of amides is 2. The summed E-state index contributed by atoms with van der Waals surface area (Å²) in [6, 6.07) is 15.8. The third-order valence-electron chi connectivity index (χ3n) is 3.87. The summed E-state index contributed by atoms with van der Waals surface area (Å²) in [6.45, 7) is 0.745. The lowest BCUT2D eigenvalue weighted by atomic mass is 10.2. The van der Waals surface area contributed by atoms with Gasteiger partial charge in [-0.25, -0.2) is 4.79 Å². The largest absolute Gasteiger partial charge is 0.497 e. The van der Waals surface area contributed by atoms with Gasteiger partial charge in [0.15, 0.2) is 0 Å². The second kappa shape index (κ2) is 7.85. The van der Waals surface area contributed by atoms with E-state index >= 15 is 0 Å². The van der Waals surface area contributed by atoms with E-state index in [0.717, 1.165) is 34.2 Å². The van der Waals surface area contributed by atoms with Crippen LogP contribution in [0.1, 0.15) is 10.9 Å². The smallest absolute Gasteiger partial charge is 0.323 e. The van der Waals surface area contributed by atoms with Gasteiger partial charge in [0.2, 0.25) is 0 Å². The quantitative estimate of drug-likeness (QED) is 0.803. The third-order valence-corrected chi connectivity index (χ3v) is 5.86. The van der Waals surface area contributed by atoms with Gasteiger partial charge in [0.1, 0.15) is 11.1 Å². The van der Waals surface area contributed by atoms with Crippen molar-refractivity contribution in [2.45, 2.75) is 10.3 Å². The van der Waals surface area contributed by atoms with Gasteiger partial charge < -0.3 is 15.0 Å². The predicted octanol–water partition coefficient (Wildman–Crippen LogP) is 4.70. The summed E-state index contributed by atoms with van der Waals surface area (Å²) in [6.07, 6.45) is 2.03. The maximum atomic E-state index is 12.7.